The zero-order valence-corrected chi connectivity index (χ0v) is 19.2. The molecule has 4 amide bonds. The Kier molecular flexibility index (Phi) is 11.5. The average molecular weight is 480 g/mol. The summed E-state index contributed by atoms with van der Waals surface area (Å²) in [5.74, 6) is -4.27. The van der Waals surface area contributed by atoms with Crippen LogP contribution in [-0.2, 0) is 30.4 Å². The lowest BCUT2D eigenvalue weighted by molar-refractivity contribution is -0.143. The molecule has 188 valence electrons. The van der Waals surface area contributed by atoms with E-state index >= 15 is 0 Å². The molecule has 0 bridgehead atoms. The van der Waals surface area contributed by atoms with Crippen LogP contribution >= 0.6 is 0 Å². The van der Waals surface area contributed by atoms with E-state index in [0.717, 1.165) is 0 Å². The molecule has 0 radical (unpaired) electrons. The number of amides is 4. The molecule has 9 N–H and O–H groups in total. The molecule has 0 aliphatic rings. The molecule has 1 aromatic rings. The Morgan fingerprint density at radius 2 is 1.65 bits per heavy atom. The van der Waals surface area contributed by atoms with Crippen LogP contribution in [0.15, 0.2) is 24.3 Å². The van der Waals surface area contributed by atoms with Crippen molar-refractivity contribution in [2.45, 2.75) is 57.7 Å². The summed E-state index contributed by atoms with van der Waals surface area (Å²) >= 11 is 0. The molecule has 1 aromatic carbocycles. The molecular formula is C22H33N5O7. The van der Waals surface area contributed by atoms with Crippen LogP contribution in [0.5, 0.6) is 5.75 Å². The second-order valence-electron chi connectivity index (χ2n) is 8.03. The summed E-state index contributed by atoms with van der Waals surface area (Å²) in [7, 11) is 0. The van der Waals surface area contributed by atoms with Crippen molar-refractivity contribution >= 4 is 29.6 Å². The van der Waals surface area contributed by atoms with Gasteiger partial charge in [0.25, 0.3) is 0 Å². The Morgan fingerprint density at radius 1 is 1.03 bits per heavy atom. The van der Waals surface area contributed by atoms with Gasteiger partial charge >= 0.3 is 5.97 Å². The monoisotopic (exact) mass is 479 g/mol. The maximum absolute atomic E-state index is 12.6. The largest absolute Gasteiger partial charge is 0.508 e. The maximum atomic E-state index is 12.6. The SMILES string of the molecule is CCC(C)C(NC(=O)CNC(=O)C(CCC(N)=O)NC(=O)C(N)Cc1ccc(O)cc1)C(=O)O. The number of benzene rings is 1. The number of aliphatic carboxylic acids is 1. The molecule has 0 aromatic heterocycles. The van der Waals surface area contributed by atoms with Crippen LogP contribution in [0.4, 0.5) is 0 Å². The third-order valence-electron chi connectivity index (χ3n) is 5.26. The van der Waals surface area contributed by atoms with Gasteiger partial charge in [0.1, 0.15) is 17.8 Å². The summed E-state index contributed by atoms with van der Waals surface area (Å²) in [5.41, 5.74) is 11.8. The van der Waals surface area contributed by atoms with Crippen LogP contribution in [0.3, 0.4) is 0 Å². The summed E-state index contributed by atoms with van der Waals surface area (Å²) in [6, 6.07) is 2.77. The van der Waals surface area contributed by atoms with Crippen molar-refractivity contribution in [3.05, 3.63) is 29.8 Å². The third-order valence-corrected chi connectivity index (χ3v) is 5.26. The number of phenols is 1. The highest BCUT2D eigenvalue weighted by Crippen LogP contribution is 2.11. The highest BCUT2D eigenvalue weighted by atomic mass is 16.4. The van der Waals surface area contributed by atoms with Crippen LogP contribution in [0.2, 0.25) is 0 Å². The number of carboxylic acids is 1. The molecule has 34 heavy (non-hydrogen) atoms. The zero-order chi connectivity index (χ0) is 25.8. The molecular weight excluding hydrogens is 446 g/mol. The highest BCUT2D eigenvalue weighted by Gasteiger charge is 2.27. The Balaban J connectivity index is 2.73. The fourth-order valence-electron chi connectivity index (χ4n) is 3.01. The van der Waals surface area contributed by atoms with Gasteiger partial charge in [-0.05, 0) is 36.5 Å². The normalized spacial score (nSPS) is 14.2. The fourth-order valence-corrected chi connectivity index (χ4v) is 3.01. The Bertz CT molecular complexity index is 875. The molecule has 12 heteroatoms. The average Bonchev–Trinajstić information content (AvgIpc) is 2.78. The number of primary amides is 1. The summed E-state index contributed by atoms with van der Waals surface area (Å²) in [6.07, 6.45) is 0.331. The van der Waals surface area contributed by atoms with Crippen molar-refractivity contribution in [2.75, 3.05) is 6.54 Å². The van der Waals surface area contributed by atoms with Crippen LogP contribution in [0, 0.1) is 5.92 Å². The Morgan fingerprint density at radius 3 is 2.18 bits per heavy atom. The van der Waals surface area contributed by atoms with Gasteiger partial charge in [0.15, 0.2) is 0 Å². The number of carbonyl (C=O) groups is 5. The molecule has 0 spiro atoms. The van der Waals surface area contributed by atoms with Gasteiger partial charge in [-0.25, -0.2) is 4.79 Å². The summed E-state index contributed by atoms with van der Waals surface area (Å²) in [5, 5.41) is 25.7. The molecule has 0 aliphatic heterocycles. The smallest absolute Gasteiger partial charge is 0.326 e. The van der Waals surface area contributed by atoms with Gasteiger partial charge in [0.05, 0.1) is 12.6 Å². The third kappa shape index (κ3) is 9.86. The minimum Gasteiger partial charge on any atom is -0.508 e. The lowest BCUT2D eigenvalue weighted by Crippen LogP contribution is -2.54. The van der Waals surface area contributed by atoms with Crippen LogP contribution in [-0.4, -0.2) is 64.5 Å². The molecule has 12 nitrogen and oxygen atoms in total. The minimum absolute atomic E-state index is 0.0628. The first kappa shape index (κ1) is 28.4. The number of aromatic hydroxyl groups is 1. The van der Waals surface area contributed by atoms with E-state index in [0.29, 0.717) is 12.0 Å². The van der Waals surface area contributed by atoms with Crippen molar-refractivity contribution in [3.63, 3.8) is 0 Å². The van der Waals surface area contributed by atoms with E-state index in [1.54, 1.807) is 26.0 Å². The first-order valence-corrected chi connectivity index (χ1v) is 10.9. The number of nitrogens with one attached hydrogen (secondary N) is 3. The summed E-state index contributed by atoms with van der Waals surface area (Å²) in [6.45, 7) is 2.93. The lowest BCUT2D eigenvalue weighted by atomic mass is 9.99. The number of hydrogen-bond acceptors (Lipinski definition) is 7. The number of rotatable bonds is 14. The van der Waals surface area contributed by atoms with Crippen molar-refractivity contribution in [3.8, 4) is 5.75 Å². The predicted octanol–water partition coefficient (Wildman–Crippen LogP) is -1.26. The minimum atomic E-state index is -1.19. The van der Waals surface area contributed by atoms with Crippen LogP contribution in [0.25, 0.3) is 0 Å². The number of carbonyl (C=O) groups excluding carboxylic acids is 4. The van der Waals surface area contributed by atoms with E-state index in [1.807, 2.05) is 0 Å². The van der Waals surface area contributed by atoms with E-state index in [-0.39, 0.29) is 30.9 Å². The molecule has 0 heterocycles. The number of nitrogens with two attached hydrogens (primary N) is 2. The molecule has 0 saturated heterocycles. The molecule has 1 rings (SSSR count). The van der Waals surface area contributed by atoms with Crippen molar-refractivity contribution in [1.29, 1.82) is 0 Å². The summed E-state index contributed by atoms with van der Waals surface area (Å²) in [4.78, 5) is 59.8. The van der Waals surface area contributed by atoms with Gasteiger partial charge in [-0.1, -0.05) is 32.4 Å². The van der Waals surface area contributed by atoms with Crippen molar-refractivity contribution in [2.24, 2.45) is 17.4 Å². The van der Waals surface area contributed by atoms with Crippen molar-refractivity contribution < 1.29 is 34.2 Å². The summed E-state index contributed by atoms with van der Waals surface area (Å²) < 4.78 is 0. The van der Waals surface area contributed by atoms with Gasteiger partial charge in [-0.15, -0.1) is 0 Å². The Hall–Kier alpha value is -3.67. The van der Waals surface area contributed by atoms with E-state index in [4.69, 9.17) is 11.5 Å². The number of phenolic OH excluding ortho intramolecular Hbond substituents is 1. The Labute approximate surface area is 197 Å². The van der Waals surface area contributed by atoms with Gasteiger partial charge < -0.3 is 37.6 Å². The number of carboxylic acid groups (broad SMARTS) is 1. The quantitative estimate of drug-likeness (QED) is 0.171. The van der Waals surface area contributed by atoms with E-state index < -0.39 is 54.3 Å². The second kappa shape index (κ2) is 13.8. The molecule has 0 fully saturated rings. The van der Waals surface area contributed by atoms with E-state index in [1.165, 1.54) is 12.1 Å². The van der Waals surface area contributed by atoms with Gasteiger partial charge in [0, 0.05) is 6.42 Å². The van der Waals surface area contributed by atoms with Crippen LogP contribution < -0.4 is 27.4 Å². The van der Waals surface area contributed by atoms with Gasteiger partial charge in [0.2, 0.25) is 23.6 Å². The molecule has 0 aliphatic carbocycles. The first-order valence-electron chi connectivity index (χ1n) is 10.9. The maximum Gasteiger partial charge on any atom is 0.326 e. The van der Waals surface area contributed by atoms with Crippen LogP contribution in [0.1, 0.15) is 38.7 Å². The van der Waals surface area contributed by atoms with E-state index in [9.17, 15) is 34.2 Å². The number of hydrogen-bond donors (Lipinski definition) is 7. The fraction of sp³-hybridized carbons (Fsp3) is 0.500. The highest BCUT2D eigenvalue weighted by molar-refractivity contribution is 5.93. The van der Waals surface area contributed by atoms with Gasteiger partial charge in [-0.3, -0.25) is 19.2 Å². The molecule has 4 atom stereocenters. The van der Waals surface area contributed by atoms with E-state index in [2.05, 4.69) is 16.0 Å². The second-order valence-corrected chi connectivity index (χ2v) is 8.03. The molecule has 4 unspecified atom stereocenters. The topological polar surface area (TPSA) is 214 Å². The standard InChI is InChI=1S/C22H33N5O7/c1-3-12(2)19(22(33)34)27-18(30)11-25-21(32)16(8-9-17(24)29)26-20(31)15(23)10-13-4-6-14(28)7-5-13/h4-7,12,15-16,19,28H,3,8-11,23H2,1-2H3,(H2,24,29)(H,25,32)(H,26,31)(H,27,30)(H,33,34). The lowest BCUT2D eigenvalue weighted by Gasteiger charge is -2.22. The first-order chi connectivity index (χ1) is 15.9. The van der Waals surface area contributed by atoms with Gasteiger partial charge in [-0.2, -0.15) is 0 Å². The predicted molar refractivity (Wildman–Crippen MR) is 122 cm³/mol. The zero-order valence-electron chi connectivity index (χ0n) is 19.2. The van der Waals surface area contributed by atoms with Crippen molar-refractivity contribution in [1.82, 2.24) is 16.0 Å². The molecule has 0 saturated carbocycles.